The largest absolute Gasteiger partial charge is 0.496 e. The van der Waals surface area contributed by atoms with Gasteiger partial charge in [-0.2, -0.15) is 0 Å². The van der Waals surface area contributed by atoms with E-state index in [1.54, 1.807) is 25.3 Å². The molecule has 3 aromatic rings. The van der Waals surface area contributed by atoms with Gasteiger partial charge in [0.1, 0.15) is 12.3 Å². The Bertz CT molecular complexity index is 1340. The first-order chi connectivity index (χ1) is 16.9. The average molecular weight is 529 g/mol. The number of nitrogens with zero attached hydrogens (tertiary/aromatic N) is 1. The van der Waals surface area contributed by atoms with E-state index in [9.17, 15) is 13.2 Å². The zero-order valence-electron chi connectivity index (χ0n) is 21.5. The fourth-order valence-corrected chi connectivity index (χ4v) is 5.68. The summed E-state index contributed by atoms with van der Waals surface area (Å²) in [4.78, 5) is 13.3. The Balaban J connectivity index is 1.92. The van der Waals surface area contributed by atoms with Crippen molar-refractivity contribution >= 4 is 33.2 Å². The third kappa shape index (κ3) is 6.20. The van der Waals surface area contributed by atoms with Gasteiger partial charge in [0.25, 0.3) is 10.0 Å². The van der Waals surface area contributed by atoms with Crippen molar-refractivity contribution in [1.82, 2.24) is 5.32 Å². The summed E-state index contributed by atoms with van der Waals surface area (Å²) in [6.45, 7) is 9.53. The number of sulfonamides is 1. The standard InChI is InChI=1S/C28H33ClN2O4S/c1-18(2)25-16-26(20(4)15-27(25)35-6)21(5)30-28(32)17-31(23-9-7-8-19(3)14-23)36(33,34)24-12-10-22(29)11-13-24/h7-16,18,21H,17H2,1-6H3,(H,30,32). The molecule has 1 atom stereocenters. The van der Waals surface area contributed by atoms with Crippen LogP contribution in [-0.2, 0) is 14.8 Å². The highest BCUT2D eigenvalue weighted by Crippen LogP contribution is 2.32. The number of benzene rings is 3. The Morgan fingerprint density at radius 3 is 2.25 bits per heavy atom. The summed E-state index contributed by atoms with van der Waals surface area (Å²) in [7, 11) is -2.38. The van der Waals surface area contributed by atoms with Gasteiger partial charge in [-0.1, -0.05) is 37.6 Å². The van der Waals surface area contributed by atoms with Crippen LogP contribution in [0.25, 0.3) is 0 Å². The molecular formula is C28H33ClN2O4S. The predicted molar refractivity (Wildman–Crippen MR) is 146 cm³/mol. The van der Waals surface area contributed by atoms with Crippen molar-refractivity contribution in [3.63, 3.8) is 0 Å². The van der Waals surface area contributed by atoms with Crippen LogP contribution in [0, 0.1) is 13.8 Å². The summed E-state index contributed by atoms with van der Waals surface area (Å²) in [5.74, 6) is 0.635. The maximum Gasteiger partial charge on any atom is 0.264 e. The average Bonchev–Trinajstić information content (AvgIpc) is 2.82. The highest BCUT2D eigenvalue weighted by atomic mass is 35.5. The summed E-state index contributed by atoms with van der Waals surface area (Å²) in [5.41, 5.74) is 4.28. The van der Waals surface area contributed by atoms with Gasteiger partial charge in [-0.05, 0) is 97.5 Å². The zero-order chi connectivity index (χ0) is 26.6. The molecule has 36 heavy (non-hydrogen) atoms. The number of ether oxygens (including phenoxy) is 1. The minimum atomic E-state index is -4.02. The van der Waals surface area contributed by atoms with Crippen molar-refractivity contribution in [2.45, 2.75) is 51.5 Å². The Kier molecular flexibility index (Phi) is 8.69. The number of hydrogen-bond acceptors (Lipinski definition) is 4. The van der Waals surface area contributed by atoms with E-state index >= 15 is 0 Å². The summed E-state index contributed by atoms with van der Waals surface area (Å²) < 4.78 is 33.8. The van der Waals surface area contributed by atoms with Crippen LogP contribution in [0.1, 0.15) is 55.0 Å². The minimum Gasteiger partial charge on any atom is -0.496 e. The second kappa shape index (κ2) is 11.4. The number of hydrogen-bond donors (Lipinski definition) is 1. The van der Waals surface area contributed by atoms with Crippen LogP contribution in [0.3, 0.4) is 0 Å². The molecule has 6 nitrogen and oxygen atoms in total. The van der Waals surface area contributed by atoms with Crippen LogP contribution in [0.2, 0.25) is 5.02 Å². The Hall–Kier alpha value is -3.03. The fraction of sp³-hybridized carbons (Fsp3) is 0.321. The molecule has 192 valence electrons. The summed E-state index contributed by atoms with van der Waals surface area (Å²) >= 11 is 5.96. The van der Waals surface area contributed by atoms with Gasteiger partial charge < -0.3 is 10.1 Å². The highest BCUT2D eigenvalue weighted by molar-refractivity contribution is 7.92. The number of nitrogens with one attached hydrogen (secondary N) is 1. The first-order valence-corrected chi connectivity index (χ1v) is 13.6. The van der Waals surface area contributed by atoms with Crippen LogP contribution in [0.5, 0.6) is 5.75 Å². The van der Waals surface area contributed by atoms with Crippen LogP contribution in [0.15, 0.2) is 65.6 Å². The van der Waals surface area contributed by atoms with E-state index in [0.29, 0.717) is 10.7 Å². The van der Waals surface area contributed by atoms with Gasteiger partial charge in [-0.25, -0.2) is 8.42 Å². The lowest BCUT2D eigenvalue weighted by Gasteiger charge is -2.26. The molecule has 0 aliphatic heterocycles. The molecule has 1 N–H and O–H groups in total. The van der Waals surface area contributed by atoms with E-state index in [-0.39, 0.29) is 23.4 Å². The van der Waals surface area contributed by atoms with E-state index in [1.165, 1.54) is 24.3 Å². The molecule has 3 aromatic carbocycles. The predicted octanol–water partition coefficient (Wildman–Crippen LogP) is 6.16. The van der Waals surface area contributed by atoms with Crippen LogP contribution < -0.4 is 14.4 Å². The molecule has 3 rings (SSSR count). The Labute approximate surface area is 219 Å². The molecule has 0 spiro atoms. The Morgan fingerprint density at radius 1 is 1.00 bits per heavy atom. The number of rotatable bonds is 9. The number of carbonyl (C=O) groups is 1. The number of aryl methyl sites for hydroxylation is 2. The smallest absolute Gasteiger partial charge is 0.264 e. The molecule has 0 saturated carbocycles. The van der Waals surface area contributed by atoms with E-state index in [2.05, 4.69) is 19.2 Å². The maximum atomic E-state index is 13.6. The lowest BCUT2D eigenvalue weighted by Crippen LogP contribution is -2.41. The van der Waals surface area contributed by atoms with Crippen molar-refractivity contribution in [3.05, 3.63) is 87.9 Å². The van der Waals surface area contributed by atoms with E-state index in [0.717, 1.165) is 32.3 Å². The first kappa shape index (κ1) is 27.6. The zero-order valence-corrected chi connectivity index (χ0v) is 23.1. The van der Waals surface area contributed by atoms with Crippen molar-refractivity contribution < 1.29 is 17.9 Å². The van der Waals surface area contributed by atoms with Gasteiger partial charge in [0.05, 0.1) is 23.7 Å². The number of amides is 1. The first-order valence-electron chi connectivity index (χ1n) is 11.8. The second-order valence-electron chi connectivity index (χ2n) is 9.20. The molecular weight excluding hydrogens is 496 g/mol. The molecule has 0 aliphatic rings. The van der Waals surface area contributed by atoms with Crippen LogP contribution in [0.4, 0.5) is 5.69 Å². The molecule has 0 aromatic heterocycles. The number of carbonyl (C=O) groups excluding carboxylic acids is 1. The summed E-state index contributed by atoms with van der Waals surface area (Å²) in [6.07, 6.45) is 0. The molecule has 1 unspecified atom stereocenters. The monoisotopic (exact) mass is 528 g/mol. The number of halogens is 1. The molecule has 0 fully saturated rings. The van der Waals surface area contributed by atoms with Gasteiger partial charge in [0.15, 0.2) is 0 Å². The third-order valence-electron chi connectivity index (χ3n) is 6.06. The van der Waals surface area contributed by atoms with E-state index in [4.69, 9.17) is 16.3 Å². The highest BCUT2D eigenvalue weighted by Gasteiger charge is 2.28. The van der Waals surface area contributed by atoms with Crippen LogP contribution >= 0.6 is 11.6 Å². The maximum absolute atomic E-state index is 13.6. The molecule has 0 aliphatic carbocycles. The molecule has 0 saturated heterocycles. The van der Waals surface area contributed by atoms with Crippen molar-refractivity contribution in [2.75, 3.05) is 18.0 Å². The van der Waals surface area contributed by atoms with Crippen LogP contribution in [-0.4, -0.2) is 28.0 Å². The second-order valence-corrected chi connectivity index (χ2v) is 11.5. The SMILES string of the molecule is COc1cc(C)c(C(C)NC(=O)CN(c2cccc(C)c2)S(=O)(=O)c2ccc(Cl)cc2)cc1C(C)C. The van der Waals surface area contributed by atoms with Crippen molar-refractivity contribution in [1.29, 1.82) is 0 Å². The molecule has 0 bridgehead atoms. The molecule has 0 heterocycles. The van der Waals surface area contributed by atoms with E-state index < -0.39 is 15.9 Å². The van der Waals surface area contributed by atoms with Gasteiger partial charge in [0, 0.05) is 5.02 Å². The lowest BCUT2D eigenvalue weighted by molar-refractivity contribution is -0.120. The quantitative estimate of drug-likeness (QED) is 0.361. The van der Waals surface area contributed by atoms with Gasteiger partial charge >= 0.3 is 0 Å². The molecule has 8 heteroatoms. The fourth-order valence-electron chi connectivity index (χ4n) is 4.14. The van der Waals surface area contributed by atoms with Gasteiger partial charge in [-0.3, -0.25) is 9.10 Å². The van der Waals surface area contributed by atoms with Gasteiger partial charge in [-0.15, -0.1) is 0 Å². The van der Waals surface area contributed by atoms with Crippen molar-refractivity contribution in [2.24, 2.45) is 0 Å². The Morgan fingerprint density at radius 2 is 1.67 bits per heavy atom. The lowest BCUT2D eigenvalue weighted by atomic mass is 9.93. The summed E-state index contributed by atoms with van der Waals surface area (Å²) in [5, 5.41) is 3.41. The number of methoxy groups -OCH3 is 1. The molecule has 1 amide bonds. The third-order valence-corrected chi connectivity index (χ3v) is 8.10. The minimum absolute atomic E-state index is 0.0572. The normalized spacial score (nSPS) is 12.3. The summed E-state index contributed by atoms with van der Waals surface area (Å²) in [6, 6.07) is 16.7. The van der Waals surface area contributed by atoms with Gasteiger partial charge in [0.2, 0.25) is 5.91 Å². The topological polar surface area (TPSA) is 75.7 Å². The van der Waals surface area contributed by atoms with Crippen molar-refractivity contribution in [3.8, 4) is 5.75 Å². The van der Waals surface area contributed by atoms with E-state index in [1.807, 2.05) is 39.0 Å². The molecule has 0 radical (unpaired) electrons. The number of anilines is 1.